The van der Waals surface area contributed by atoms with E-state index in [1.165, 1.54) is 4.57 Å². The average molecular weight is 437 g/mol. The van der Waals surface area contributed by atoms with Crippen LogP contribution in [0.3, 0.4) is 0 Å². The maximum absolute atomic E-state index is 13.0. The van der Waals surface area contributed by atoms with Crippen LogP contribution in [0.4, 0.5) is 0 Å². The number of aromatic amines is 1. The predicted molar refractivity (Wildman–Crippen MR) is 119 cm³/mol. The fourth-order valence-corrected chi connectivity index (χ4v) is 3.48. The number of aromatic nitrogens is 3. The Balaban J connectivity index is 1.60. The molecule has 2 aromatic carbocycles. The number of fused-ring (bicyclic) bond motifs is 1. The van der Waals surface area contributed by atoms with Gasteiger partial charge in [0.1, 0.15) is 0 Å². The molecule has 0 unspecified atom stereocenters. The highest BCUT2D eigenvalue weighted by Crippen LogP contribution is 2.13. The van der Waals surface area contributed by atoms with E-state index in [-0.39, 0.29) is 16.2 Å². The molecule has 8 heteroatoms. The van der Waals surface area contributed by atoms with Crippen LogP contribution < -0.4 is 10.9 Å². The lowest BCUT2D eigenvalue weighted by Gasteiger charge is -2.10. The smallest absolute Gasteiger partial charge is 0.262 e. The second kappa shape index (κ2) is 8.61. The molecule has 4 aromatic rings. The molecule has 2 aromatic heterocycles. The third-order valence-electron chi connectivity index (χ3n) is 4.67. The van der Waals surface area contributed by atoms with E-state index in [0.717, 1.165) is 11.1 Å². The lowest BCUT2D eigenvalue weighted by Crippen LogP contribution is -2.24. The van der Waals surface area contributed by atoms with Gasteiger partial charge in [0.2, 0.25) is 0 Å². The number of carbonyl (C=O) groups is 1. The molecule has 0 saturated carbocycles. The number of nitrogens with one attached hydrogen (secondary N) is 2. The van der Waals surface area contributed by atoms with E-state index in [0.29, 0.717) is 34.6 Å². The van der Waals surface area contributed by atoms with Crippen LogP contribution in [0, 0.1) is 4.77 Å². The highest BCUT2D eigenvalue weighted by molar-refractivity contribution is 7.71. The molecule has 0 radical (unpaired) electrons. The van der Waals surface area contributed by atoms with Crippen molar-refractivity contribution in [1.29, 1.82) is 0 Å². The molecule has 0 atom stereocenters. The molecule has 0 aliphatic carbocycles. The Morgan fingerprint density at radius 2 is 1.93 bits per heavy atom. The molecule has 0 saturated heterocycles. The number of nitrogens with zero attached hydrogens (tertiary/aromatic N) is 2. The van der Waals surface area contributed by atoms with Crippen LogP contribution in [-0.4, -0.2) is 20.4 Å². The van der Waals surface area contributed by atoms with Crippen LogP contribution in [0.1, 0.15) is 21.5 Å². The summed E-state index contributed by atoms with van der Waals surface area (Å²) in [6.07, 6.45) is 3.37. The molecule has 6 nitrogen and oxygen atoms in total. The Morgan fingerprint density at radius 3 is 2.67 bits per heavy atom. The molecule has 0 aliphatic rings. The number of pyridine rings is 1. The minimum atomic E-state index is -0.245. The van der Waals surface area contributed by atoms with Crippen molar-refractivity contribution in [3.8, 4) is 0 Å². The molecular weight excluding hydrogens is 420 g/mol. The van der Waals surface area contributed by atoms with Crippen molar-refractivity contribution in [2.24, 2.45) is 0 Å². The number of hydrogen-bond acceptors (Lipinski definition) is 4. The first-order chi connectivity index (χ1) is 14.5. The van der Waals surface area contributed by atoms with Gasteiger partial charge in [0.25, 0.3) is 11.5 Å². The van der Waals surface area contributed by atoms with Gasteiger partial charge in [-0.25, -0.2) is 0 Å². The zero-order chi connectivity index (χ0) is 21.1. The minimum absolute atomic E-state index is 0.217. The summed E-state index contributed by atoms with van der Waals surface area (Å²) >= 11 is 11.3. The Bertz CT molecular complexity index is 1330. The third kappa shape index (κ3) is 4.32. The van der Waals surface area contributed by atoms with Crippen molar-refractivity contribution in [3.63, 3.8) is 0 Å². The van der Waals surface area contributed by atoms with Gasteiger partial charge in [0, 0.05) is 29.5 Å². The van der Waals surface area contributed by atoms with E-state index in [1.807, 2.05) is 24.3 Å². The fraction of sp³-hybridized carbons (Fsp3) is 0.0909. The standard InChI is InChI=1S/C22H17ClN4O2S/c23-17-6-3-14(4-7-17)13-27-21(29)18-8-5-16(10-19(18)26-22(27)30)20(28)25-12-15-2-1-9-24-11-15/h1-11H,12-13H2,(H,25,28)(H,26,30). The van der Waals surface area contributed by atoms with Crippen molar-refractivity contribution >= 4 is 40.6 Å². The first-order valence-corrected chi connectivity index (χ1v) is 9.98. The number of carbonyl (C=O) groups excluding carboxylic acids is 1. The lowest BCUT2D eigenvalue weighted by molar-refractivity contribution is 0.0951. The molecule has 2 heterocycles. The zero-order valence-electron chi connectivity index (χ0n) is 15.8. The van der Waals surface area contributed by atoms with Crippen LogP contribution in [-0.2, 0) is 13.1 Å². The van der Waals surface area contributed by atoms with E-state index in [9.17, 15) is 9.59 Å². The summed E-state index contributed by atoms with van der Waals surface area (Å²) in [7, 11) is 0. The normalized spacial score (nSPS) is 10.8. The molecule has 0 bridgehead atoms. The molecule has 4 rings (SSSR count). The van der Waals surface area contributed by atoms with Gasteiger partial charge >= 0.3 is 0 Å². The Labute approximate surface area is 182 Å². The second-order valence-corrected chi connectivity index (χ2v) is 7.58. The Hall–Kier alpha value is -3.29. The van der Waals surface area contributed by atoms with E-state index in [1.54, 1.807) is 42.7 Å². The number of hydrogen-bond donors (Lipinski definition) is 2. The SMILES string of the molecule is O=C(NCc1cccnc1)c1ccc2c(=O)n(Cc3ccc(Cl)cc3)c(=S)[nH]c2c1. The number of benzene rings is 2. The molecular formula is C22H17ClN4O2S. The van der Waals surface area contributed by atoms with Crippen molar-refractivity contribution in [2.45, 2.75) is 13.1 Å². The third-order valence-corrected chi connectivity index (χ3v) is 5.25. The van der Waals surface area contributed by atoms with Gasteiger partial charge in [0.05, 0.1) is 17.4 Å². The zero-order valence-corrected chi connectivity index (χ0v) is 17.3. The van der Waals surface area contributed by atoms with E-state index in [4.69, 9.17) is 23.8 Å². The summed E-state index contributed by atoms with van der Waals surface area (Å²) < 4.78 is 1.78. The summed E-state index contributed by atoms with van der Waals surface area (Å²) in [4.78, 5) is 32.5. The number of rotatable bonds is 5. The first-order valence-electron chi connectivity index (χ1n) is 9.20. The molecule has 150 valence electrons. The van der Waals surface area contributed by atoms with E-state index in [2.05, 4.69) is 15.3 Å². The average Bonchev–Trinajstić information content (AvgIpc) is 2.76. The summed E-state index contributed by atoms with van der Waals surface area (Å²) in [6, 6.07) is 15.8. The fourth-order valence-electron chi connectivity index (χ4n) is 3.10. The van der Waals surface area contributed by atoms with Crippen molar-refractivity contribution < 1.29 is 4.79 Å². The largest absolute Gasteiger partial charge is 0.348 e. The molecule has 0 aliphatic heterocycles. The number of halogens is 1. The van der Waals surface area contributed by atoms with Crippen LogP contribution in [0.25, 0.3) is 10.9 Å². The summed E-state index contributed by atoms with van der Waals surface area (Å²) in [5.41, 5.74) is 2.55. The quantitative estimate of drug-likeness (QED) is 0.462. The maximum atomic E-state index is 13.0. The molecule has 0 spiro atoms. The van der Waals surface area contributed by atoms with Gasteiger partial charge in [-0.3, -0.25) is 19.1 Å². The maximum Gasteiger partial charge on any atom is 0.262 e. The summed E-state index contributed by atoms with van der Waals surface area (Å²) in [6.45, 7) is 0.692. The molecule has 0 fully saturated rings. The van der Waals surface area contributed by atoms with Crippen LogP contribution >= 0.6 is 23.8 Å². The Morgan fingerprint density at radius 1 is 1.13 bits per heavy atom. The van der Waals surface area contributed by atoms with E-state index >= 15 is 0 Å². The number of H-pyrrole nitrogens is 1. The van der Waals surface area contributed by atoms with Crippen molar-refractivity contribution in [3.05, 3.63) is 104 Å². The minimum Gasteiger partial charge on any atom is -0.348 e. The highest BCUT2D eigenvalue weighted by Gasteiger charge is 2.11. The van der Waals surface area contributed by atoms with Gasteiger partial charge in [-0.15, -0.1) is 0 Å². The van der Waals surface area contributed by atoms with Gasteiger partial charge in [0.15, 0.2) is 4.77 Å². The summed E-state index contributed by atoms with van der Waals surface area (Å²) in [5, 5.41) is 3.93. The van der Waals surface area contributed by atoms with Gasteiger partial charge in [-0.1, -0.05) is 29.8 Å². The molecule has 2 N–H and O–H groups in total. The van der Waals surface area contributed by atoms with Gasteiger partial charge < -0.3 is 10.3 Å². The van der Waals surface area contributed by atoms with E-state index < -0.39 is 0 Å². The van der Waals surface area contributed by atoms with Crippen LogP contribution in [0.15, 0.2) is 71.8 Å². The predicted octanol–water partition coefficient (Wildman–Crippen LogP) is 4.09. The van der Waals surface area contributed by atoms with Crippen molar-refractivity contribution in [2.75, 3.05) is 0 Å². The molecule has 30 heavy (non-hydrogen) atoms. The lowest BCUT2D eigenvalue weighted by atomic mass is 10.1. The topological polar surface area (TPSA) is 79.8 Å². The second-order valence-electron chi connectivity index (χ2n) is 6.75. The Kier molecular flexibility index (Phi) is 5.74. The monoisotopic (exact) mass is 436 g/mol. The molecule has 1 amide bonds. The van der Waals surface area contributed by atoms with Crippen molar-refractivity contribution in [1.82, 2.24) is 19.9 Å². The van der Waals surface area contributed by atoms with Gasteiger partial charge in [-0.2, -0.15) is 0 Å². The first kappa shape index (κ1) is 20.0. The van der Waals surface area contributed by atoms with Crippen LogP contribution in [0.5, 0.6) is 0 Å². The number of amides is 1. The van der Waals surface area contributed by atoms with Gasteiger partial charge in [-0.05, 0) is 59.7 Å². The van der Waals surface area contributed by atoms with Crippen LogP contribution in [0.2, 0.25) is 5.02 Å². The summed E-state index contributed by atoms with van der Waals surface area (Å²) in [5.74, 6) is -0.245. The highest BCUT2D eigenvalue weighted by atomic mass is 35.5.